The molecule has 3 fully saturated rings. The number of aromatic nitrogens is 1. The van der Waals surface area contributed by atoms with Gasteiger partial charge in [-0.2, -0.15) is 0 Å². The quantitative estimate of drug-likeness (QED) is 0.177. The Morgan fingerprint density at radius 1 is 1.15 bits per heavy atom. The summed E-state index contributed by atoms with van der Waals surface area (Å²) in [5.41, 5.74) is -2.01. The van der Waals surface area contributed by atoms with Gasteiger partial charge in [0, 0.05) is 30.3 Å². The van der Waals surface area contributed by atoms with Crippen molar-refractivity contribution in [3.05, 3.63) is 54.8 Å². The molecule has 0 spiro atoms. The van der Waals surface area contributed by atoms with Crippen molar-refractivity contribution in [1.29, 1.82) is 0 Å². The van der Waals surface area contributed by atoms with Gasteiger partial charge < -0.3 is 29.7 Å². The van der Waals surface area contributed by atoms with Gasteiger partial charge in [-0.05, 0) is 95.5 Å². The van der Waals surface area contributed by atoms with Crippen molar-refractivity contribution in [1.82, 2.24) is 25.2 Å². The molecule has 2 aromatic rings. The third-order valence-electron chi connectivity index (χ3n) is 9.83. The van der Waals surface area contributed by atoms with Gasteiger partial charge in [0.25, 0.3) is 5.91 Å². The molecule has 16 heteroatoms. The number of hydrogen-bond donors (Lipinski definition) is 3. The number of ether oxygens (including phenoxy) is 3. The van der Waals surface area contributed by atoms with Crippen LogP contribution in [-0.2, 0) is 33.9 Å². The Hall–Kier alpha value is -4.99. The Bertz CT molecular complexity index is 1970. The minimum atomic E-state index is -3.93. The van der Waals surface area contributed by atoms with Crippen LogP contribution in [0.15, 0.2) is 54.8 Å². The van der Waals surface area contributed by atoms with E-state index >= 15 is 0 Å². The van der Waals surface area contributed by atoms with E-state index in [2.05, 4.69) is 26.9 Å². The molecule has 3 aliphatic rings. The highest BCUT2D eigenvalue weighted by Gasteiger charge is 2.62. The molecule has 2 saturated carbocycles. The second-order valence-electron chi connectivity index (χ2n) is 15.0. The second kappa shape index (κ2) is 15.8. The van der Waals surface area contributed by atoms with Crippen LogP contribution in [0.1, 0.15) is 73.1 Å². The zero-order chi connectivity index (χ0) is 39.6. The van der Waals surface area contributed by atoms with Crippen LogP contribution in [0.25, 0.3) is 10.8 Å². The summed E-state index contributed by atoms with van der Waals surface area (Å²) < 4.78 is 44.7. The number of hydrogen-bond acceptors (Lipinski definition) is 11. The van der Waals surface area contributed by atoms with E-state index in [9.17, 15) is 32.4 Å². The third kappa shape index (κ3) is 9.20. The number of likely N-dealkylation sites (tertiary alicyclic amines) is 1. The van der Waals surface area contributed by atoms with Crippen molar-refractivity contribution >= 4 is 50.4 Å². The summed E-state index contributed by atoms with van der Waals surface area (Å²) in [5, 5.41) is 6.11. The summed E-state index contributed by atoms with van der Waals surface area (Å²) in [7, 11) is -2.38. The monoisotopic (exact) mass is 767 g/mol. The molecule has 5 atom stereocenters. The predicted molar refractivity (Wildman–Crippen MR) is 199 cm³/mol. The topological polar surface area (TPSA) is 199 Å². The molecule has 15 nitrogen and oxygen atoms in total. The molecule has 1 saturated heterocycles. The average Bonchev–Trinajstić information content (AvgIpc) is 4.05. The lowest BCUT2D eigenvalue weighted by molar-refractivity contribution is -0.141. The number of sulfonamides is 1. The predicted octanol–water partition coefficient (Wildman–Crippen LogP) is 3.47. The van der Waals surface area contributed by atoms with Crippen LogP contribution < -0.4 is 24.8 Å². The number of ketones is 1. The normalized spacial score (nSPS) is 23.2. The first-order valence-electron chi connectivity index (χ1n) is 18.0. The second-order valence-corrected chi connectivity index (χ2v) is 17.0. The maximum atomic E-state index is 14.5. The number of carbonyl (C=O) groups is 5. The molecule has 4 amide bonds. The Morgan fingerprint density at radius 3 is 2.48 bits per heavy atom. The number of methoxy groups -OCH3 is 1. The molecule has 0 radical (unpaired) electrons. The molecule has 2 heterocycles. The molecule has 1 aliphatic heterocycles. The van der Waals surface area contributed by atoms with Crippen molar-refractivity contribution in [2.45, 2.75) is 108 Å². The van der Waals surface area contributed by atoms with E-state index in [1.807, 2.05) is 6.07 Å². The lowest BCUT2D eigenvalue weighted by Gasteiger charge is -2.30. The molecule has 5 rings (SSSR count). The fourth-order valence-corrected chi connectivity index (χ4v) is 7.81. The van der Waals surface area contributed by atoms with Gasteiger partial charge in [-0.1, -0.05) is 12.2 Å². The highest BCUT2D eigenvalue weighted by atomic mass is 32.2. The summed E-state index contributed by atoms with van der Waals surface area (Å²) in [4.78, 5) is 73.7. The number of pyridine rings is 1. The van der Waals surface area contributed by atoms with Gasteiger partial charge in [0.2, 0.25) is 27.7 Å². The number of amides is 4. The molecule has 54 heavy (non-hydrogen) atoms. The van der Waals surface area contributed by atoms with Crippen molar-refractivity contribution < 1.29 is 46.6 Å². The van der Waals surface area contributed by atoms with Crippen LogP contribution in [0.5, 0.6) is 11.6 Å². The molecule has 1 aromatic carbocycles. The van der Waals surface area contributed by atoms with Crippen LogP contribution in [0.2, 0.25) is 0 Å². The maximum Gasteiger partial charge on any atom is 0.408 e. The molecule has 1 unspecified atom stereocenters. The van der Waals surface area contributed by atoms with E-state index in [1.54, 1.807) is 72.2 Å². The van der Waals surface area contributed by atoms with E-state index in [0.29, 0.717) is 29.6 Å². The Labute approximate surface area is 315 Å². The highest BCUT2D eigenvalue weighted by molar-refractivity contribution is 7.91. The van der Waals surface area contributed by atoms with Crippen molar-refractivity contribution in [3.8, 4) is 11.6 Å². The standard InChI is InChI=1S/C38H49N5O10S/c1-8-22(3)31(44)15-14-29(40-36(48)53-37(4,5)6)34(46)43-21-26(52-33-28-13-10-25(51-7)18-23(28)16-17-39-33)19-30(43)32(45)41-38(20-24(38)9-2)35(47)42-54(49,50)27-11-12-27/h8-10,13,16-18,24,26-27,29-30H,2,11-12,14-15,19-21H2,1,3-7H3,(H,40,48)(H,41,45)(H,42,47)/t24-,26?,29+,30+,38-/m1/s1. The largest absolute Gasteiger partial charge is 0.497 e. The van der Waals surface area contributed by atoms with Gasteiger partial charge in [0.1, 0.15) is 35.1 Å². The number of Topliss-reactive ketones (excluding diaryl/α,β-unsaturated/α-hetero) is 1. The average molecular weight is 768 g/mol. The van der Waals surface area contributed by atoms with Gasteiger partial charge in [-0.15, -0.1) is 6.58 Å². The number of alkyl carbamates (subject to hydrolysis) is 1. The fraction of sp³-hybridized carbons (Fsp3) is 0.526. The summed E-state index contributed by atoms with van der Waals surface area (Å²) >= 11 is 0. The Kier molecular flexibility index (Phi) is 11.7. The van der Waals surface area contributed by atoms with Crippen molar-refractivity contribution in [2.24, 2.45) is 5.92 Å². The number of benzene rings is 1. The molecule has 2 aliphatic carbocycles. The summed E-state index contributed by atoms with van der Waals surface area (Å²) in [6.45, 7) is 12.0. The highest BCUT2D eigenvalue weighted by Crippen LogP contribution is 2.45. The molecular formula is C38H49N5O10S. The van der Waals surface area contributed by atoms with E-state index in [0.717, 1.165) is 5.39 Å². The van der Waals surface area contributed by atoms with E-state index in [4.69, 9.17) is 14.2 Å². The summed E-state index contributed by atoms with van der Waals surface area (Å²) in [6.07, 6.45) is 3.75. The Morgan fingerprint density at radius 2 is 1.87 bits per heavy atom. The van der Waals surface area contributed by atoms with Gasteiger partial charge in [0.15, 0.2) is 5.78 Å². The van der Waals surface area contributed by atoms with Gasteiger partial charge >= 0.3 is 6.09 Å². The molecular weight excluding hydrogens is 719 g/mol. The number of carbonyl (C=O) groups excluding carboxylic acids is 5. The van der Waals surface area contributed by atoms with Gasteiger partial charge in [0.05, 0.1) is 18.9 Å². The van der Waals surface area contributed by atoms with Crippen LogP contribution in [-0.4, -0.2) is 96.1 Å². The van der Waals surface area contributed by atoms with Crippen LogP contribution in [0.3, 0.4) is 0 Å². The third-order valence-corrected chi connectivity index (χ3v) is 11.7. The van der Waals surface area contributed by atoms with E-state index < -0.39 is 74.3 Å². The van der Waals surface area contributed by atoms with Gasteiger partial charge in [-0.25, -0.2) is 18.2 Å². The summed E-state index contributed by atoms with van der Waals surface area (Å²) in [6, 6.07) is 4.62. The molecule has 1 aromatic heterocycles. The number of rotatable bonds is 15. The van der Waals surface area contributed by atoms with Crippen LogP contribution in [0.4, 0.5) is 4.79 Å². The molecule has 0 bridgehead atoms. The number of nitrogens with zero attached hydrogens (tertiary/aromatic N) is 2. The minimum Gasteiger partial charge on any atom is -0.497 e. The lowest BCUT2D eigenvalue weighted by Crippen LogP contribution is -2.58. The SMILES string of the molecule is C=C[C@@H]1C[C@]1(NC(=O)[C@@H]1CC(Oc2nccc3cc(OC)ccc23)CN1C(=O)[C@H](CCC(=O)C(C)=CC)NC(=O)OC(C)(C)C)C(=O)NS(=O)(=O)C1CC1. The van der Waals surface area contributed by atoms with E-state index in [-0.39, 0.29) is 43.9 Å². The molecule has 292 valence electrons. The number of nitrogens with one attached hydrogen (secondary N) is 3. The van der Waals surface area contributed by atoms with E-state index in [1.165, 1.54) is 11.0 Å². The smallest absolute Gasteiger partial charge is 0.408 e. The fourth-order valence-electron chi connectivity index (χ4n) is 6.44. The first kappa shape index (κ1) is 40.2. The van der Waals surface area contributed by atoms with Crippen molar-refractivity contribution in [2.75, 3.05) is 13.7 Å². The maximum absolute atomic E-state index is 14.5. The van der Waals surface area contributed by atoms with Crippen molar-refractivity contribution in [3.63, 3.8) is 0 Å². The minimum absolute atomic E-state index is 0.0433. The zero-order valence-corrected chi connectivity index (χ0v) is 32.3. The lowest BCUT2D eigenvalue weighted by atomic mass is 10.0. The van der Waals surface area contributed by atoms with Crippen LogP contribution >= 0.6 is 0 Å². The number of fused-ring (bicyclic) bond motifs is 1. The first-order valence-corrected chi connectivity index (χ1v) is 19.5. The zero-order valence-electron chi connectivity index (χ0n) is 31.5. The first-order chi connectivity index (χ1) is 25.4. The Balaban J connectivity index is 1.45. The molecule has 3 N–H and O–H groups in total. The number of allylic oxidation sites excluding steroid dienone is 2. The summed E-state index contributed by atoms with van der Waals surface area (Å²) in [5.74, 6) is -2.21. The van der Waals surface area contributed by atoms with Gasteiger partial charge in [-0.3, -0.25) is 23.9 Å². The van der Waals surface area contributed by atoms with Crippen LogP contribution in [0, 0.1) is 5.92 Å².